The molecule has 1 saturated heterocycles. The van der Waals surface area contributed by atoms with E-state index in [2.05, 4.69) is 44.6 Å². The molecule has 0 bridgehead atoms. The Morgan fingerprint density at radius 1 is 1.12 bits per heavy atom. The van der Waals surface area contributed by atoms with E-state index in [0.29, 0.717) is 28.4 Å². The van der Waals surface area contributed by atoms with Crippen molar-refractivity contribution in [3.05, 3.63) is 83.3 Å². The fourth-order valence-corrected chi connectivity index (χ4v) is 4.23. The van der Waals surface area contributed by atoms with Crippen LogP contribution in [0.2, 0.25) is 5.02 Å². The Morgan fingerprint density at radius 3 is 2.59 bits per heavy atom. The third-order valence-electron chi connectivity index (χ3n) is 6.11. The number of pyridine rings is 2. The topological polar surface area (TPSA) is 70.2 Å². The summed E-state index contributed by atoms with van der Waals surface area (Å²) in [6, 6.07) is 15.6. The van der Waals surface area contributed by atoms with Gasteiger partial charge in [0.1, 0.15) is 5.82 Å². The van der Waals surface area contributed by atoms with Crippen LogP contribution >= 0.6 is 11.6 Å². The summed E-state index contributed by atoms with van der Waals surface area (Å²) in [5.74, 6) is 0.860. The SMILES string of the molecule is C[C@H](c1ccncc1)N1CCC(CNc2ccccc2C(=O)Nc2ccc(Cl)cn2)CC1. The molecule has 0 saturated carbocycles. The van der Waals surface area contributed by atoms with Gasteiger partial charge in [0.15, 0.2) is 0 Å². The van der Waals surface area contributed by atoms with Crippen molar-refractivity contribution in [1.82, 2.24) is 14.9 Å². The molecule has 4 rings (SSSR count). The molecule has 0 spiro atoms. The Labute approximate surface area is 194 Å². The summed E-state index contributed by atoms with van der Waals surface area (Å²) in [5, 5.41) is 6.88. The van der Waals surface area contributed by atoms with Crippen molar-refractivity contribution in [1.29, 1.82) is 0 Å². The van der Waals surface area contributed by atoms with Crippen molar-refractivity contribution in [2.75, 3.05) is 30.3 Å². The smallest absolute Gasteiger partial charge is 0.258 e. The average Bonchev–Trinajstić information content (AvgIpc) is 2.85. The Bertz CT molecular complexity index is 1020. The van der Waals surface area contributed by atoms with Crippen molar-refractivity contribution < 1.29 is 4.79 Å². The number of amides is 1. The largest absolute Gasteiger partial charge is 0.384 e. The van der Waals surface area contributed by atoms with E-state index < -0.39 is 0 Å². The molecule has 7 heteroatoms. The van der Waals surface area contributed by atoms with Gasteiger partial charge in [-0.1, -0.05) is 23.7 Å². The first-order chi connectivity index (χ1) is 15.6. The maximum Gasteiger partial charge on any atom is 0.258 e. The van der Waals surface area contributed by atoms with Gasteiger partial charge in [0.05, 0.1) is 10.6 Å². The summed E-state index contributed by atoms with van der Waals surface area (Å²) in [6.45, 7) is 5.25. The standard InChI is InChI=1S/C25H28ClN5O/c1-18(20-8-12-27-13-9-20)31-14-10-19(11-15-31)16-28-23-5-3-2-4-22(23)25(32)30-24-7-6-21(26)17-29-24/h2-9,12-13,17-19,28H,10-11,14-16H2,1H3,(H,29,30,32)/t18-/m1/s1. The van der Waals surface area contributed by atoms with Crippen molar-refractivity contribution in [2.24, 2.45) is 5.92 Å². The van der Waals surface area contributed by atoms with Crippen LogP contribution in [0.4, 0.5) is 11.5 Å². The first kappa shape index (κ1) is 22.2. The van der Waals surface area contributed by atoms with Crippen LogP contribution in [0.5, 0.6) is 0 Å². The number of carbonyl (C=O) groups is 1. The van der Waals surface area contributed by atoms with Gasteiger partial charge in [-0.25, -0.2) is 4.98 Å². The number of hydrogen-bond acceptors (Lipinski definition) is 5. The summed E-state index contributed by atoms with van der Waals surface area (Å²) < 4.78 is 0. The number of benzene rings is 1. The number of carbonyl (C=O) groups excluding carboxylic acids is 1. The summed E-state index contributed by atoms with van der Waals surface area (Å²) in [6.07, 6.45) is 7.50. The zero-order valence-corrected chi connectivity index (χ0v) is 18.9. The number of anilines is 2. The van der Waals surface area contributed by atoms with Crippen molar-refractivity contribution in [3.63, 3.8) is 0 Å². The second-order valence-corrected chi connectivity index (χ2v) is 8.61. The van der Waals surface area contributed by atoms with Gasteiger partial charge in [0.2, 0.25) is 0 Å². The second kappa shape index (κ2) is 10.6. The lowest BCUT2D eigenvalue weighted by Gasteiger charge is -2.36. The highest BCUT2D eigenvalue weighted by Crippen LogP contribution is 2.27. The molecular formula is C25H28ClN5O. The Kier molecular flexibility index (Phi) is 7.35. The molecule has 2 N–H and O–H groups in total. The first-order valence-electron chi connectivity index (χ1n) is 11.0. The molecule has 32 heavy (non-hydrogen) atoms. The predicted octanol–water partition coefficient (Wildman–Crippen LogP) is 5.27. The summed E-state index contributed by atoms with van der Waals surface area (Å²) >= 11 is 5.87. The minimum Gasteiger partial charge on any atom is -0.384 e. The monoisotopic (exact) mass is 449 g/mol. The number of rotatable bonds is 7. The predicted molar refractivity (Wildman–Crippen MR) is 129 cm³/mol. The van der Waals surface area contributed by atoms with E-state index in [4.69, 9.17) is 11.6 Å². The fourth-order valence-electron chi connectivity index (χ4n) is 4.12. The number of halogens is 1. The summed E-state index contributed by atoms with van der Waals surface area (Å²) in [7, 11) is 0. The van der Waals surface area contributed by atoms with Crippen LogP contribution in [-0.4, -0.2) is 40.4 Å². The Morgan fingerprint density at radius 2 is 1.88 bits per heavy atom. The zero-order chi connectivity index (χ0) is 22.3. The quantitative estimate of drug-likeness (QED) is 0.514. The molecule has 1 aliphatic heterocycles. The molecule has 1 atom stereocenters. The molecule has 3 heterocycles. The van der Waals surface area contributed by atoms with E-state index in [1.807, 2.05) is 36.7 Å². The minimum atomic E-state index is -0.191. The van der Waals surface area contributed by atoms with Crippen LogP contribution < -0.4 is 10.6 Å². The first-order valence-corrected chi connectivity index (χ1v) is 11.4. The Hall–Kier alpha value is -2.96. The van der Waals surface area contributed by atoms with Crippen LogP contribution in [0.1, 0.15) is 41.7 Å². The average molecular weight is 450 g/mol. The molecule has 0 aliphatic carbocycles. The molecule has 1 fully saturated rings. The van der Waals surface area contributed by atoms with E-state index in [-0.39, 0.29) is 5.91 Å². The summed E-state index contributed by atoms with van der Waals surface area (Å²) in [4.78, 5) is 23.6. The molecule has 3 aromatic rings. The van der Waals surface area contributed by atoms with Gasteiger partial charge >= 0.3 is 0 Å². The Balaban J connectivity index is 1.31. The summed E-state index contributed by atoms with van der Waals surface area (Å²) in [5.41, 5.74) is 2.76. The third kappa shape index (κ3) is 5.64. The number of hydrogen-bond donors (Lipinski definition) is 2. The molecule has 0 radical (unpaired) electrons. The van der Waals surface area contributed by atoms with Crippen LogP contribution in [0, 0.1) is 5.92 Å². The molecule has 1 amide bonds. The van der Waals surface area contributed by atoms with Gasteiger partial charge in [-0.15, -0.1) is 0 Å². The lowest BCUT2D eigenvalue weighted by atomic mass is 9.94. The lowest BCUT2D eigenvalue weighted by Crippen LogP contribution is -2.37. The van der Waals surface area contributed by atoms with Gasteiger partial charge in [-0.2, -0.15) is 0 Å². The van der Waals surface area contributed by atoms with Crippen LogP contribution in [-0.2, 0) is 0 Å². The maximum absolute atomic E-state index is 12.8. The van der Waals surface area contributed by atoms with Gasteiger partial charge in [0, 0.05) is 36.9 Å². The van der Waals surface area contributed by atoms with E-state index in [1.165, 1.54) is 11.8 Å². The minimum absolute atomic E-state index is 0.191. The van der Waals surface area contributed by atoms with Gasteiger partial charge < -0.3 is 10.6 Å². The number of aromatic nitrogens is 2. The number of nitrogens with zero attached hydrogens (tertiary/aromatic N) is 3. The highest BCUT2D eigenvalue weighted by Gasteiger charge is 2.24. The molecule has 1 aliphatic rings. The number of nitrogens with one attached hydrogen (secondary N) is 2. The van der Waals surface area contributed by atoms with Crippen molar-refractivity contribution >= 4 is 29.0 Å². The van der Waals surface area contributed by atoms with E-state index in [1.54, 1.807) is 12.1 Å². The van der Waals surface area contributed by atoms with Gasteiger partial charge in [0.25, 0.3) is 5.91 Å². The van der Waals surface area contributed by atoms with Gasteiger partial charge in [-0.3, -0.25) is 14.7 Å². The van der Waals surface area contributed by atoms with E-state index in [0.717, 1.165) is 38.2 Å². The number of piperidine rings is 1. The second-order valence-electron chi connectivity index (χ2n) is 8.18. The lowest BCUT2D eigenvalue weighted by molar-refractivity contribution is 0.102. The van der Waals surface area contributed by atoms with Crippen LogP contribution in [0.3, 0.4) is 0 Å². The highest BCUT2D eigenvalue weighted by molar-refractivity contribution is 6.30. The fraction of sp³-hybridized carbons (Fsp3) is 0.320. The number of para-hydroxylation sites is 1. The van der Waals surface area contributed by atoms with Crippen molar-refractivity contribution in [2.45, 2.75) is 25.8 Å². The molecule has 166 valence electrons. The highest BCUT2D eigenvalue weighted by atomic mass is 35.5. The third-order valence-corrected chi connectivity index (χ3v) is 6.33. The van der Waals surface area contributed by atoms with Crippen LogP contribution in [0.25, 0.3) is 0 Å². The molecule has 1 aromatic carbocycles. The van der Waals surface area contributed by atoms with E-state index in [9.17, 15) is 4.79 Å². The van der Waals surface area contributed by atoms with Crippen LogP contribution in [0.15, 0.2) is 67.1 Å². The molecular weight excluding hydrogens is 422 g/mol. The molecule has 2 aromatic heterocycles. The maximum atomic E-state index is 12.8. The van der Waals surface area contributed by atoms with Gasteiger partial charge in [-0.05, 0) is 80.7 Å². The van der Waals surface area contributed by atoms with E-state index >= 15 is 0 Å². The molecule has 0 unspecified atom stereocenters. The van der Waals surface area contributed by atoms with Crippen molar-refractivity contribution in [3.8, 4) is 0 Å². The normalized spacial score (nSPS) is 15.8. The molecule has 6 nitrogen and oxygen atoms in total. The number of likely N-dealkylation sites (tertiary alicyclic amines) is 1. The zero-order valence-electron chi connectivity index (χ0n) is 18.2.